The largest absolute Gasteiger partial charge is 0.471 e. The molecule has 1 amide bonds. The lowest BCUT2D eigenvalue weighted by Gasteiger charge is -2.33. The van der Waals surface area contributed by atoms with Gasteiger partial charge in [0.2, 0.25) is 5.91 Å². The number of allylic oxidation sites excluding steroid dienone is 1. The van der Waals surface area contributed by atoms with E-state index in [1.807, 2.05) is 30.3 Å². The lowest BCUT2D eigenvalue weighted by Crippen LogP contribution is -2.55. The molecule has 2 aliphatic heterocycles. The molecule has 2 fully saturated rings. The molecule has 1 aromatic rings. The van der Waals surface area contributed by atoms with Crippen LogP contribution in [0, 0.1) is 0 Å². The zero-order valence-corrected chi connectivity index (χ0v) is 11.1. The van der Waals surface area contributed by atoms with E-state index in [9.17, 15) is 14.4 Å². The van der Waals surface area contributed by atoms with Gasteiger partial charge in [0, 0.05) is 6.08 Å². The van der Waals surface area contributed by atoms with Crippen LogP contribution in [0.15, 0.2) is 42.2 Å². The highest BCUT2D eigenvalue weighted by molar-refractivity contribution is 5.92. The molecule has 0 N–H and O–H groups in total. The molecule has 3 rings (SSSR count). The minimum Gasteiger partial charge on any atom is -0.471 e. The minimum absolute atomic E-state index is 0.108. The second kappa shape index (κ2) is 5.40. The van der Waals surface area contributed by atoms with Gasteiger partial charge in [-0.15, -0.1) is 0 Å². The average molecular weight is 287 g/mol. The molecule has 21 heavy (non-hydrogen) atoms. The highest BCUT2D eigenvalue weighted by atomic mass is 16.6. The van der Waals surface area contributed by atoms with E-state index in [1.54, 1.807) is 0 Å². The summed E-state index contributed by atoms with van der Waals surface area (Å²) in [6.45, 7) is 0.108. The fraction of sp³-hybridized carbons (Fsp3) is 0.267. The Morgan fingerprint density at radius 1 is 1.38 bits per heavy atom. The summed E-state index contributed by atoms with van der Waals surface area (Å²) in [7, 11) is 0. The van der Waals surface area contributed by atoms with E-state index < -0.39 is 18.2 Å². The van der Waals surface area contributed by atoms with Crippen molar-refractivity contribution in [1.82, 2.24) is 4.90 Å². The predicted octanol–water partition coefficient (Wildman–Crippen LogP) is 0.770. The zero-order chi connectivity index (χ0) is 14.8. The number of aldehydes is 1. The number of benzene rings is 1. The Hall–Kier alpha value is -2.63. The highest BCUT2D eigenvalue weighted by Crippen LogP contribution is 2.36. The summed E-state index contributed by atoms with van der Waals surface area (Å²) in [6.07, 6.45) is 1.44. The highest BCUT2D eigenvalue weighted by Gasteiger charge is 2.54. The van der Waals surface area contributed by atoms with Crippen LogP contribution in [0.3, 0.4) is 0 Å². The second-order valence-electron chi connectivity index (χ2n) is 4.78. The number of fused-ring (bicyclic) bond motifs is 1. The van der Waals surface area contributed by atoms with Crippen molar-refractivity contribution in [3.63, 3.8) is 0 Å². The third-order valence-electron chi connectivity index (χ3n) is 3.45. The maximum absolute atomic E-state index is 12.2. The van der Waals surface area contributed by atoms with Crippen molar-refractivity contribution >= 4 is 18.2 Å². The molecule has 0 aliphatic carbocycles. The number of hydrogen-bond acceptors (Lipinski definition) is 5. The number of esters is 1. The van der Waals surface area contributed by atoms with E-state index in [2.05, 4.69) is 0 Å². The SMILES string of the molecule is O=C/C=C1/O[C@@H]2CC(=O)N2C1C(=O)OCc1ccccc1. The first-order chi connectivity index (χ1) is 10.2. The third-order valence-corrected chi connectivity index (χ3v) is 3.45. The van der Waals surface area contributed by atoms with Crippen LogP contribution >= 0.6 is 0 Å². The molecule has 2 atom stereocenters. The molecule has 0 saturated carbocycles. The normalized spacial score (nSPS) is 25.0. The van der Waals surface area contributed by atoms with Gasteiger partial charge in [-0.2, -0.15) is 0 Å². The number of nitrogens with zero attached hydrogens (tertiary/aromatic N) is 1. The van der Waals surface area contributed by atoms with Crippen molar-refractivity contribution in [2.75, 3.05) is 0 Å². The molecule has 0 spiro atoms. The van der Waals surface area contributed by atoms with Gasteiger partial charge in [-0.05, 0) is 5.56 Å². The summed E-state index contributed by atoms with van der Waals surface area (Å²) in [5.74, 6) is -0.614. The van der Waals surface area contributed by atoms with Gasteiger partial charge in [0.1, 0.15) is 18.7 Å². The zero-order valence-electron chi connectivity index (χ0n) is 11.1. The Labute approximate surface area is 120 Å². The van der Waals surface area contributed by atoms with Gasteiger partial charge in [-0.3, -0.25) is 14.5 Å². The Bertz CT molecular complexity index is 610. The summed E-state index contributed by atoms with van der Waals surface area (Å²) in [4.78, 5) is 35.7. The molecule has 6 nitrogen and oxygen atoms in total. The smallest absolute Gasteiger partial charge is 0.337 e. The minimum atomic E-state index is -0.954. The molecule has 2 aliphatic rings. The number of carbonyl (C=O) groups is 3. The number of carbonyl (C=O) groups excluding carboxylic acids is 3. The van der Waals surface area contributed by atoms with E-state index in [0.29, 0.717) is 6.29 Å². The summed E-state index contributed by atoms with van der Waals surface area (Å²) < 4.78 is 10.6. The van der Waals surface area contributed by atoms with Crippen LogP contribution in [0.5, 0.6) is 0 Å². The van der Waals surface area contributed by atoms with Gasteiger partial charge in [0.15, 0.2) is 12.3 Å². The summed E-state index contributed by atoms with van der Waals surface area (Å²) >= 11 is 0. The Morgan fingerprint density at radius 3 is 2.81 bits per heavy atom. The molecule has 6 heteroatoms. The number of amides is 1. The molecule has 108 valence electrons. The standard InChI is InChI=1S/C15H13NO5/c17-7-6-11-14(16-12(18)8-13(16)21-11)15(19)20-9-10-4-2-1-3-5-10/h1-7,13-14H,8-9H2/b11-6+/t13-,14?/m1/s1. The van der Waals surface area contributed by atoms with Crippen molar-refractivity contribution in [3.05, 3.63) is 47.7 Å². The Morgan fingerprint density at radius 2 is 2.14 bits per heavy atom. The predicted molar refractivity (Wildman–Crippen MR) is 70.5 cm³/mol. The molecule has 0 aromatic heterocycles. The number of β-lactam (4-membered cyclic amide) rings is 1. The molecule has 0 radical (unpaired) electrons. The van der Waals surface area contributed by atoms with Gasteiger partial charge in [0.05, 0.1) is 6.42 Å². The molecule has 1 unspecified atom stereocenters. The van der Waals surface area contributed by atoms with Gasteiger partial charge < -0.3 is 9.47 Å². The first-order valence-corrected chi connectivity index (χ1v) is 6.54. The van der Waals surface area contributed by atoms with Crippen molar-refractivity contribution in [1.29, 1.82) is 0 Å². The number of ether oxygens (including phenoxy) is 2. The fourth-order valence-corrected chi connectivity index (χ4v) is 2.40. The van der Waals surface area contributed by atoms with Gasteiger partial charge >= 0.3 is 5.97 Å². The summed E-state index contributed by atoms with van der Waals surface area (Å²) in [5, 5.41) is 0. The van der Waals surface area contributed by atoms with Crippen LogP contribution < -0.4 is 0 Å². The van der Waals surface area contributed by atoms with Crippen molar-refractivity contribution in [3.8, 4) is 0 Å². The molecule has 2 saturated heterocycles. The van der Waals surface area contributed by atoms with Crippen LogP contribution in [0.25, 0.3) is 0 Å². The van der Waals surface area contributed by atoms with Crippen LogP contribution in [0.1, 0.15) is 12.0 Å². The maximum Gasteiger partial charge on any atom is 0.337 e. The topological polar surface area (TPSA) is 72.9 Å². The van der Waals surface area contributed by atoms with Crippen LogP contribution in [0.4, 0.5) is 0 Å². The van der Waals surface area contributed by atoms with Gasteiger partial charge in [0.25, 0.3) is 0 Å². The first-order valence-electron chi connectivity index (χ1n) is 6.54. The fourth-order valence-electron chi connectivity index (χ4n) is 2.40. The quantitative estimate of drug-likeness (QED) is 0.354. The lowest BCUT2D eigenvalue weighted by molar-refractivity contribution is -0.166. The molecule has 1 aromatic carbocycles. The molecule has 2 heterocycles. The van der Waals surface area contributed by atoms with Crippen LogP contribution in [-0.4, -0.2) is 35.3 Å². The summed E-state index contributed by atoms with van der Waals surface area (Å²) in [5.41, 5.74) is 0.845. The Kier molecular flexibility index (Phi) is 3.43. The van der Waals surface area contributed by atoms with E-state index in [1.165, 1.54) is 4.90 Å². The third kappa shape index (κ3) is 2.40. The Balaban J connectivity index is 1.71. The maximum atomic E-state index is 12.2. The second-order valence-corrected chi connectivity index (χ2v) is 4.78. The summed E-state index contributed by atoms with van der Waals surface area (Å²) in [6, 6.07) is 8.26. The molecular weight excluding hydrogens is 274 g/mol. The van der Waals surface area contributed by atoms with Crippen molar-refractivity contribution in [2.45, 2.75) is 25.3 Å². The van der Waals surface area contributed by atoms with E-state index in [0.717, 1.165) is 11.6 Å². The van der Waals surface area contributed by atoms with Gasteiger partial charge in [-0.25, -0.2) is 4.79 Å². The number of hydrogen-bond donors (Lipinski definition) is 0. The first kappa shape index (κ1) is 13.4. The average Bonchev–Trinajstić information content (AvgIpc) is 2.79. The van der Waals surface area contributed by atoms with Crippen LogP contribution in [0.2, 0.25) is 0 Å². The van der Waals surface area contributed by atoms with Crippen LogP contribution in [-0.2, 0) is 30.5 Å². The number of rotatable bonds is 4. The van der Waals surface area contributed by atoms with E-state index in [-0.39, 0.29) is 24.7 Å². The van der Waals surface area contributed by atoms with Crippen molar-refractivity contribution in [2.24, 2.45) is 0 Å². The van der Waals surface area contributed by atoms with E-state index in [4.69, 9.17) is 9.47 Å². The monoisotopic (exact) mass is 287 g/mol. The lowest BCUT2D eigenvalue weighted by atomic mass is 10.1. The molecule has 0 bridgehead atoms. The van der Waals surface area contributed by atoms with Gasteiger partial charge in [-0.1, -0.05) is 30.3 Å². The van der Waals surface area contributed by atoms with E-state index >= 15 is 0 Å². The van der Waals surface area contributed by atoms with Crippen molar-refractivity contribution < 1.29 is 23.9 Å². The molecular formula is C15H13NO5.